The van der Waals surface area contributed by atoms with Gasteiger partial charge in [0.25, 0.3) is 0 Å². The van der Waals surface area contributed by atoms with Crippen molar-refractivity contribution >= 4 is 17.5 Å². The molecule has 1 saturated carbocycles. The van der Waals surface area contributed by atoms with Gasteiger partial charge in [0.2, 0.25) is 5.91 Å². The largest absolute Gasteiger partial charge is 0.494 e. The molecule has 7 nitrogen and oxygen atoms in total. The highest BCUT2D eigenvalue weighted by Crippen LogP contribution is 2.34. The first kappa shape index (κ1) is 30.9. The predicted octanol–water partition coefficient (Wildman–Crippen LogP) is 6.53. The Hall–Kier alpha value is -3.36. The van der Waals surface area contributed by atoms with Gasteiger partial charge in [0.1, 0.15) is 22.9 Å². The maximum atomic E-state index is 13.2. The molecule has 1 fully saturated rings. The summed E-state index contributed by atoms with van der Waals surface area (Å²) < 4.78 is 29.4. The number of hydrogen-bond donors (Lipinski definition) is 2. The van der Waals surface area contributed by atoms with Gasteiger partial charge in [-0.2, -0.15) is 0 Å². The van der Waals surface area contributed by atoms with E-state index in [1.807, 2.05) is 13.8 Å². The Morgan fingerprint density at radius 3 is 2.16 bits per heavy atom. The molecule has 0 saturated heterocycles. The van der Waals surface area contributed by atoms with Crippen LogP contribution in [0.2, 0.25) is 5.02 Å². The second kappa shape index (κ2) is 14.0. The minimum atomic E-state index is -1.08. The summed E-state index contributed by atoms with van der Waals surface area (Å²) in [7, 11) is 3.07. The van der Waals surface area contributed by atoms with E-state index in [0.29, 0.717) is 39.8 Å². The fourth-order valence-corrected chi connectivity index (χ4v) is 3.57. The van der Waals surface area contributed by atoms with E-state index in [9.17, 15) is 14.3 Å². The van der Waals surface area contributed by atoms with E-state index in [4.69, 9.17) is 31.5 Å². The summed E-state index contributed by atoms with van der Waals surface area (Å²) in [6.07, 6.45) is 3.67. The van der Waals surface area contributed by atoms with Crippen molar-refractivity contribution in [3.8, 4) is 28.5 Å². The van der Waals surface area contributed by atoms with Crippen LogP contribution in [0.5, 0.6) is 17.2 Å². The molecule has 3 N–H and O–H groups in total. The summed E-state index contributed by atoms with van der Waals surface area (Å²) in [5, 5.41) is 10.0. The number of aliphatic hydroxyl groups is 1. The second-order valence-corrected chi connectivity index (χ2v) is 9.24. The lowest BCUT2D eigenvalue weighted by Gasteiger charge is -2.27. The average molecular weight is 547 g/mol. The summed E-state index contributed by atoms with van der Waals surface area (Å²) in [5.74, 6) is 0.808. The van der Waals surface area contributed by atoms with Gasteiger partial charge in [-0.1, -0.05) is 25.4 Å². The normalized spacial score (nSPS) is 12.7. The molecule has 9 heteroatoms. The average Bonchev–Trinajstić information content (AvgIpc) is 2.88. The molecule has 3 aromatic rings. The second-order valence-electron chi connectivity index (χ2n) is 8.84. The van der Waals surface area contributed by atoms with Gasteiger partial charge in [-0.05, 0) is 81.6 Å². The van der Waals surface area contributed by atoms with Gasteiger partial charge in [-0.3, -0.25) is 4.79 Å². The van der Waals surface area contributed by atoms with Crippen LogP contribution in [-0.2, 0) is 5.60 Å². The van der Waals surface area contributed by atoms with Crippen molar-refractivity contribution in [2.24, 2.45) is 5.73 Å². The molecule has 0 bridgehead atoms. The number of halogens is 2. The van der Waals surface area contributed by atoms with Crippen LogP contribution in [0.15, 0.2) is 48.5 Å². The van der Waals surface area contributed by atoms with Crippen molar-refractivity contribution in [3.63, 3.8) is 0 Å². The number of nitrogens with two attached hydrogens (primary N) is 1. The molecule has 206 valence electrons. The number of amides is 1. The third-order valence-corrected chi connectivity index (χ3v) is 5.98. The number of aromatic nitrogens is 1. The number of benzene rings is 2. The Morgan fingerprint density at radius 1 is 1.03 bits per heavy atom. The number of rotatable bonds is 7. The Bertz CT molecular complexity index is 1230. The molecule has 0 spiro atoms. The highest BCUT2D eigenvalue weighted by molar-refractivity contribution is 6.31. The molecule has 1 aliphatic carbocycles. The van der Waals surface area contributed by atoms with Gasteiger partial charge in [0, 0.05) is 11.1 Å². The van der Waals surface area contributed by atoms with Crippen LogP contribution in [0.4, 0.5) is 4.39 Å². The van der Waals surface area contributed by atoms with E-state index in [1.54, 1.807) is 57.4 Å². The van der Waals surface area contributed by atoms with Crippen molar-refractivity contribution in [2.45, 2.75) is 58.7 Å². The molecule has 38 heavy (non-hydrogen) atoms. The van der Waals surface area contributed by atoms with E-state index in [1.165, 1.54) is 25.7 Å². The summed E-state index contributed by atoms with van der Waals surface area (Å²) in [6, 6.07) is 12.7. The zero-order valence-corrected chi connectivity index (χ0v) is 23.4. The van der Waals surface area contributed by atoms with E-state index in [-0.39, 0.29) is 11.1 Å². The molecule has 0 radical (unpaired) electrons. The molecule has 1 aromatic heterocycles. The van der Waals surface area contributed by atoms with Crippen LogP contribution < -0.4 is 19.9 Å². The van der Waals surface area contributed by atoms with E-state index < -0.39 is 17.3 Å². The SMILES string of the molecule is CC.COc1cc(C(N)=O)ccc1OC1CCC1.COc1ccc(C(C)(C)O)nc1-c1ccc(F)c(Cl)c1. The van der Waals surface area contributed by atoms with Crippen LogP contribution in [0.3, 0.4) is 0 Å². The lowest BCUT2D eigenvalue weighted by molar-refractivity contribution is 0.0739. The third kappa shape index (κ3) is 8.07. The van der Waals surface area contributed by atoms with E-state index in [2.05, 4.69) is 4.98 Å². The summed E-state index contributed by atoms with van der Waals surface area (Å²) in [4.78, 5) is 15.4. The van der Waals surface area contributed by atoms with E-state index >= 15 is 0 Å². The van der Waals surface area contributed by atoms with Crippen LogP contribution >= 0.6 is 11.6 Å². The fourth-order valence-electron chi connectivity index (χ4n) is 3.39. The number of pyridine rings is 1. The van der Waals surface area contributed by atoms with Gasteiger partial charge < -0.3 is 25.1 Å². The molecule has 1 amide bonds. The zero-order valence-electron chi connectivity index (χ0n) is 22.7. The monoisotopic (exact) mass is 546 g/mol. The topological polar surface area (TPSA) is 104 Å². The Balaban J connectivity index is 0.000000256. The summed E-state index contributed by atoms with van der Waals surface area (Å²) >= 11 is 5.80. The van der Waals surface area contributed by atoms with Crippen LogP contribution in [0, 0.1) is 5.82 Å². The Kier molecular flexibility index (Phi) is 11.4. The van der Waals surface area contributed by atoms with Gasteiger partial charge in [0.05, 0.1) is 31.0 Å². The van der Waals surface area contributed by atoms with Crippen molar-refractivity contribution in [3.05, 3.63) is 70.6 Å². The first-order valence-electron chi connectivity index (χ1n) is 12.4. The molecular formula is C29H36ClFN2O5. The number of carbonyl (C=O) groups is 1. The van der Waals surface area contributed by atoms with Gasteiger partial charge in [-0.25, -0.2) is 9.37 Å². The maximum absolute atomic E-state index is 13.2. The van der Waals surface area contributed by atoms with Crippen LogP contribution in [-0.4, -0.2) is 36.3 Å². The number of primary amides is 1. The first-order valence-corrected chi connectivity index (χ1v) is 12.8. The summed E-state index contributed by atoms with van der Waals surface area (Å²) in [5.41, 5.74) is 6.17. The van der Waals surface area contributed by atoms with Gasteiger partial charge >= 0.3 is 0 Å². The number of ether oxygens (including phenoxy) is 3. The highest BCUT2D eigenvalue weighted by Gasteiger charge is 2.22. The number of methoxy groups -OCH3 is 2. The maximum Gasteiger partial charge on any atom is 0.248 e. The standard InChI is InChI=1S/C15H15ClFNO2.C12H15NO3.C2H6/c1-15(2,19)13-7-6-12(20-3)14(18-13)9-4-5-11(17)10(16)8-9;1-15-11-7-8(12(13)14)5-6-10(11)16-9-3-2-4-9;1-2/h4-8,19H,1-3H3;5-7,9H,2-4H2,1H3,(H2,13,14);1-2H3. The fraction of sp³-hybridized carbons (Fsp3) is 0.379. The third-order valence-electron chi connectivity index (χ3n) is 5.69. The number of nitrogens with zero attached hydrogens (tertiary/aromatic N) is 1. The van der Waals surface area contributed by atoms with Crippen molar-refractivity contribution in [2.75, 3.05) is 14.2 Å². The minimum Gasteiger partial charge on any atom is -0.494 e. The van der Waals surface area contributed by atoms with E-state index in [0.717, 1.165) is 12.8 Å². The van der Waals surface area contributed by atoms with Crippen LogP contribution in [0.1, 0.15) is 63.0 Å². The highest BCUT2D eigenvalue weighted by atomic mass is 35.5. The molecule has 0 unspecified atom stereocenters. The van der Waals surface area contributed by atoms with Crippen molar-refractivity contribution < 1.29 is 28.5 Å². The first-order chi connectivity index (χ1) is 18.0. The van der Waals surface area contributed by atoms with Gasteiger partial charge in [0.15, 0.2) is 11.5 Å². The molecule has 0 atom stereocenters. The molecular weight excluding hydrogens is 511 g/mol. The zero-order chi connectivity index (χ0) is 28.5. The number of hydrogen-bond acceptors (Lipinski definition) is 6. The van der Waals surface area contributed by atoms with Crippen molar-refractivity contribution in [1.82, 2.24) is 4.98 Å². The lowest BCUT2D eigenvalue weighted by atomic mass is 9.96. The van der Waals surface area contributed by atoms with Gasteiger partial charge in [-0.15, -0.1) is 0 Å². The molecule has 1 heterocycles. The van der Waals surface area contributed by atoms with Crippen molar-refractivity contribution in [1.29, 1.82) is 0 Å². The Labute approximate surface area is 228 Å². The number of carbonyl (C=O) groups excluding carboxylic acids is 1. The quantitative estimate of drug-likeness (QED) is 0.349. The molecule has 0 aliphatic heterocycles. The van der Waals surface area contributed by atoms with Crippen LogP contribution in [0.25, 0.3) is 11.3 Å². The smallest absolute Gasteiger partial charge is 0.248 e. The minimum absolute atomic E-state index is 0.0139. The molecule has 2 aromatic carbocycles. The predicted molar refractivity (Wildman–Crippen MR) is 148 cm³/mol. The molecule has 1 aliphatic rings. The lowest BCUT2D eigenvalue weighted by Crippen LogP contribution is -2.24. The Morgan fingerprint density at radius 2 is 1.66 bits per heavy atom. The molecule has 4 rings (SSSR count). The summed E-state index contributed by atoms with van der Waals surface area (Å²) in [6.45, 7) is 7.28.